The number of carbonyl (C=O) groups excluding carboxylic acids is 1. The smallest absolute Gasteiger partial charge is 0.335 e. The van der Waals surface area contributed by atoms with Crippen molar-refractivity contribution in [1.29, 1.82) is 0 Å². The normalized spacial score (nSPS) is 16.4. The number of nitrogens with zero attached hydrogens (tertiary/aromatic N) is 1. The van der Waals surface area contributed by atoms with Gasteiger partial charge in [0.15, 0.2) is 0 Å². The topological polar surface area (TPSA) is 95.1 Å². The summed E-state index contributed by atoms with van der Waals surface area (Å²) in [5.41, 5.74) is 3.59. The summed E-state index contributed by atoms with van der Waals surface area (Å²) in [6, 6.07) is 5.33. The molecule has 6 nitrogen and oxygen atoms in total. The van der Waals surface area contributed by atoms with Crippen LogP contribution in [0.4, 0.5) is 0 Å². The Labute approximate surface area is 140 Å². The van der Waals surface area contributed by atoms with E-state index in [2.05, 4.69) is 15.5 Å². The minimum absolute atomic E-state index is 0.0118. The molecule has 1 atom stereocenters. The predicted molar refractivity (Wildman–Crippen MR) is 89.0 cm³/mol. The van der Waals surface area contributed by atoms with Gasteiger partial charge in [-0.1, -0.05) is 6.07 Å². The highest BCUT2D eigenvalue weighted by molar-refractivity contribution is 5.88. The standard InChI is InChI=1S/C18H21N3O3/c22-17(7-4-12-9-20-21-10-12)19-11-15-3-1-2-13-5-6-14(18(23)24)8-16(13)15/h5-6,8-10,15H,1-4,7,11H2,(H,19,22)(H,20,21)(H,23,24)/t15-/m1/s1. The molecule has 6 heteroatoms. The van der Waals surface area contributed by atoms with Gasteiger partial charge in [-0.15, -0.1) is 0 Å². The second-order valence-electron chi connectivity index (χ2n) is 6.22. The average Bonchev–Trinajstić information content (AvgIpc) is 3.11. The average molecular weight is 327 g/mol. The summed E-state index contributed by atoms with van der Waals surface area (Å²) >= 11 is 0. The SMILES string of the molecule is O=C(CCc1cn[nH]c1)NC[C@H]1CCCc2ccc(C(=O)O)cc21. The first kappa shape index (κ1) is 16.2. The van der Waals surface area contributed by atoms with Gasteiger partial charge in [0.1, 0.15) is 0 Å². The van der Waals surface area contributed by atoms with Crippen molar-refractivity contribution < 1.29 is 14.7 Å². The zero-order valence-corrected chi connectivity index (χ0v) is 13.4. The molecule has 0 spiro atoms. The number of hydrogen-bond donors (Lipinski definition) is 3. The number of aromatic carboxylic acids is 1. The number of hydrogen-bond acceptors (Lipinski definition) is 3. The largest absolute Gasteiger partial charge is 0.478 e. The Balaban J connectivity index is 1.59. The number of fused-ring (bicyclic) bond motifs is 1. The molecule has 0 bridgehead atoms. The summed E-state index contributed by atoms with van der Waals surface area (Å²) in [7, 11) is 0. The van der Waals surface area contributed by atoms with Gasteiger partial charge in [-0.05, 0) is 54.5 Å². The molecule has 1 aromatic heterocycles. The summed E-state index contributed by atoms with van der Waals surface area (Å²) < 4.78 is 0. The van der Waals surface area contributed by atoms with Gasteiger partial charge >= 0.3 is 5.97 Å². The van der Waals surface area contributed by atoms with Gasteiger partial charge in [-0.25, -0.2) is 4.79 Å². The van der Waals surface area contributed by atoms with Crippen LogP contribution in [-0.2, 0) is 17.6 Å². The Morgan fingerprint density at radius 3 is 3.00 bits per heavy atom. The van der Waals surface area contributed by atoms with E-state index >= 15 is 0 Å². The van der Waals surface area contributed by atoms with Crippen molar-refractivity contribution in [3.8, 4) is 0 Å². The molecule has 0 saturated carbocycles. The fraction of sp³-hybridized carbons (Fsp3) is 0.389. The first-order valence-corrected chi connectivity index (χ1v) is 8.24. The van der Waals surface area contributed by atoms with E-state index in [1.807, 2.05) is 6.07 Å². The molecule has 1 amide bonds. The molecule has 0 fully saturated rings. The molecule has 1 heterocycles. The number of aryl methyl sites for hydroxylation is 2. The van der Waals surface area contributed by atoms with Gasteiger partial charge in [0.05, 0.1) is 11.8 Å². The second kappa shape index (κ2) is 7.29. The summed E-state index contributed by atoms with van der Waals surface area (Å²) in [6.07, 6.45) is 7.60. The van der Waals surface area contributed by atoms with Crippen molar-refractivity contribution in [3.05, 3.63) is 52.8 Å². The lowest BCUT2D eigenvalue weighted by Gasteiger charge is -2.26. The van der Waals surface area contributed by atoms with Crippen LogP contribution < -0.4 is 5.32 Å². The lowest BCUT2D eigenvalue weighted by molar-refractivity contribution is -0.121. The minimum atomic E-state index is -0.911. The molecule has 3 N–H and O–H groups in total. The van der Waals surface area contributed by atoms with Crippen LogP contribution in [0, 0.1) is 0 Å². The number of carboxylic acid groups (broad SMARTS) is 1. The lowest BCUT2D eigenvalue weighted by atomic mass is 9.82. The third kappa shape index (κ3) is 3.82. The molecule has 1 aliphatic carbocycles. The zero-order valence-electron chi connectivity index (χ0n) is 13.4. The fourth-order valence-corrected chi connectivity index (χ4v) is 3.24. The van der Waals surface area contributed by atoms with E-state index in [1.165, 1.54) is 5.56 Å². The number of aromatic nitrogens is 2. The maximum atomic E-state index is 12.0. The van der Waals surface area contributed by atoms with E-state index in [0.29, 0.717) is 24.9 Å². The Morgan fingerprint density at radius 2 is 2.25 bits per heavy atom. The van der Waals surface area contributed by atoms with Crippen LogP contribution in [0.5, 0.6) is 0 Å². The maximum absolute atomic E-state index is 12.0. The molecule has 24 heavy (non-hydrogen) atoms. The van der Waals surface area contributed by atoms with Crippen LogP contribution in [-0.4, -0.2) is 33.7 Å². The predicted octanol–water partition coefficient (Wildman–Crippen LogP) is 2.28. The van der Waals surface area contributed by atoms with Gasteiger partial charge in [-0.2, -0.15) is 5.10 Å². The van der Waals surface area contributed by atoms with Gasteiger partial charge in [0.25, 0.3) is 0 Å². The number of aromatic amines is 1. The molecule has 0 aliphatic heterocycles. The molecule has 126 valence electrons. The lowest BCUT2D eigenvalue weighted by Crippen LogP contribution is -2.30. The van der Waals surface area contributed by atoms with E-state index in [-0.39, 0.29) is 11.8 Å². The number of carboxylic acids is 1. The summed E-state index contributed by atoms with van der Waals surface area (Å²) in [5, 5.41) is 18.8. The molecule has 1 aromatic carbocycles. The van der Waals surface area contributed by atoms with Gasteiger partial charge in [0, 0.05) is 25.1 Å². The molecule has 0 radical (unpaired) electrons. The Hall–Kier alpha value is -2.63. The number of rotatable bonds is 6. The molecule has 3 rings (SSSR count). The van der Waals surface area contributed by atoms with E-state index < -0.39 is 5.97 Å². The van der Waals surface area contributed by atoms with Gasteiger partial charge in [0.2, 0.25) is 5.91 Å². The van der Waals surface area contributed by atoms with Crippen molar-refractivity contribution >= 4 is 11.9 Å². The fourth-order valence-electron chi connectivity index (χ4n) is 3.24. The molecule has 0 saturated heterocycles. The third-order valence-corrected chi connectivity index (χ3v) is 4.57. The van der Waals surface area contributed by atoms with Crippen molar-refractivity contribution in [2.24, 2.45) is 0 Å². The first-order chi connectivity index (χ1) is 11.6. The number of amides is 1. The quantitative estimate of drug-likeness (QED) is 0.758. The summed E-state index contributed by atoms with van der Waals surface area (Å²) in [4.78, 5) is 23.2. The van der Waals surface area contributed by atoms with Crippen LogP contribution in [0.1, 0.15) is 52.2 Å². The molecular weight excluding hydrogens is 306 g/mol. The number of H-pyrrole nitrogens is 1. The van der Waals surface area contributed by atoms with Crippen molar-refractivity contribution in [3.63, 3.8) is 0 Å². The van der Waals surface area contributed by atoms with E-state index in [9.17, 15) is 14.7 Å². The molecular formula is C18H21N3O3. The number of carbonyl (C=O) groups is 2. The first-order valence-electron chi connectivity index (χ1n) is 8.24. The van der Waals surface area contributed by atoms with Gasteiger partial charge in [-0.3, -0.25) is 9.89 Å². The van der Waals surface area contributed by atoms with Gasteiger partial charge < -0.3 is 10.4 Å². The summed E-state index contributed by atoms with van der Waals surface area (Å²) in [5.74, 6) is -0.713. The zero-order chi connectivity index (χ0) is 16.9. The Kier molecular flexibility index (Phi) is 4.93. The van der Waals surface area contributed by atoms with Crippen LogP contribution in [0.15, 0.2) is 30.6 Å². The van der Waals surface area contributed by atoms with E-state index in [0.717, 1.165) is 30.4 Å². The monoisotopic (exact) mass is 327 g/mol. The molecule has 2 aromatic rings. The Morgan fingerprint density at radius 1 is 1.38 bits per heavy atom. The molecule has 1 aliphatic rings. The van der Waals surface area contributed by atoms with Crippen molar-refractivity contribution in [2.75, 3.05) is 6.54 Å². The van der Waals surface area contributed by atoms with E-state index in [4.69, 9.17) is 0 Å². The van der Waals surface area contributed by atoms with E-state index in [1.54, 1.807) is 24.5 Å². The van der Waals surface area contributed by atoms with Crippen molar-refractivity contribution in [2.45, 2.75) is 38.0 Å². The highest BCUT2D eigenvalue weighted by atomic mass is 16.4. The second-order valence-corrected chi connectivity index (χ2v) is 6.22. The number of benzene rings is 1. The highest BCUT2D eigenvalue weighted by Crippen LogP contribution is 2.32. The van der Waals surface area contributed by atoms with Crippen LogP contribution in [0.3, 0.4) is 0 Å². The number of nitrogens with one attached hydrogen (secondary N) is 2. The van der Waals surface area contributed by atoms with Crippen LogP contribution in [0.2, 0.25) is 0 Å². The third-order valence-electron chi connectivity index (χ3n) is 4.57. The van der Waals surface area contributed by atoms with Crippen LogP contribution >= 0.6 is 0 Å². The maximum Gasteiger partial charge on any atom is 0.335 e. The van der Waals surface area contributed by atoms with Crippen LogP contribution in [0.25, 0.3) is 0 Å². The summed E-state index contributed by atoms with van der Waals surface area (Å²) in [6.45, 7) is 0.556. The molecule has 0 unspecified atom stereocenters. The van der Waals surface area contributed by atoms with Crippen molar-refractivity contribution in [1.82, 2.24) is 15.5 Å². The Bertz CT molecular complexity index is 725. The minimum Gasteiger partial charge on any atom is -0.478 e. The highest BCUT2D eigenvalue weighted by Gasteiger charge is 2.22.